The van der Waals surface area contributed by atoms with E-state index in [-0.39, 0.29) is 12.5 Å². The lowest BCUT2D eigenvalue weighted by Crippen LogP contribution is -2.45. The van der Waals surface area contributed by atoms with Gasteiger partial charge in [0.1, 0.15) is 5.75 Å². The Morgan fingerprint density at radius 2 is 2.00 bits per heavy atom. The zero-order chi connectivity index (χ0) is 13.7. The quantitative estimate of drug-likeness (QED) is 0.819. The van der Waals surface area contributed by atoms with Crippen LogP contribution >= 0.6 is 22.6 Å². The first-order chi connectivity index (χ1) is 9.19. The third-order valence-corrected chi connectivity index (χ3v) is 4.15. The molecule has 0 atom stereocenters. The van der Waals surface area contributed by atoms with Crippen LogP contribution in [0.15, 0.2) is 24.3 Å². The largest absolute Gasteiger partial charge is 0.484 e. The third-order valence-electron chi connectivity index (χ3n) is 3.43. The lowest BCUT2D eigenvalue weighted by molar-refractivity contribution is -0.134. The van der Waals surface area contributed by atoms with Crippen LogP contribution in [0.3, 0.4) is 0 Å². The van der Waals surface area contributed by atoms with Crippen molar-refractivity contribution in [3.63, 3.8) is 0 Å². The predicted octanol–water partition coefficient (Wildman–Crippen LogP) is 1.88. The predicted molar refractivity (Wildman–Crippen MR) is 83.3 cm³/mol. The monoisotopic (exact) mass is 374 g/mol. The number of nitrogens with one attached hydrogen (secondary N) is 1. The van der Waals surface area contributed by atoms with Gasteiger partial charge in [0.15, 0.2) is 6.61 Å². The van der Waals surface area contributed by atoms with Crippen LogP contribution in [-0.2, 0) is 4.79 Å². The molecule has 0 saturated carbocycles. The van der Waals surface area contributed by atoms with Crippen molar-refractivity contribution in [2.45, 2.75) is 18.9 Å². The number of hydrogen-bond acceptors (Lipinski definition) is 3. The van der Waals surface area contributed by atoms with Crippen LogP contribution in [0.2, 0.25) is 0 Å². The summed E-state index contributed by atoms with van der Waals surface area (Å²) in [7, 11) is 1.97. The van der Waals surface area contributed by atoms with Crippen LogP contribution in [-0.4, -0.2) is 43.6 Å². The van der Waals surface area contributed by atoms with Gasteiger partial charge in [-0.1, -0.05) is 0 Å². The van der Waals surface area contributed by atoms with Gasteiger partial charge < -0.3 is 15.0 Å². The molecule has 1 fully saturated rings. The number of ether oxygens (including phenoxy) is 1. The number of carbonyl (C=O) groups is 1. The first-order valence-electron chi connectivity index (χ1n) is 6.52. The normalized spacial score (nSPS) is 16.4. The number of amides is 1. The molecule has 5 heteroatoms. The van der Waals surface area contributed by atoms with Crippen molar-refractivity contribution in [3.8, 4) is 5.75 Å². The van der Waals surface area contributed by atoms with Crippen molar-refractivity contribution in [1.29, 1.82) is 0 Å². The van der Waals surface area contributed by atoms with Crippen molar-refractivity contribution >= 4 is 28.5 Å². The minimum atomic E-state index is 0.0769. The fraction of sp³-hybridized carbons (Fsp3) is 0.500. The molecule has 1 aromatic carbocycles. The van der Waals surface area contributed by atoms with E-state index in [1.807, 2.05) is 36.2 Å². The van der Waals surface area contributed by atoms with Crippen molar-refractivity contribution in [1.82, 2.24) is 10.2 Å². The Balaban J connectivity index is 1.77. The Morgan fingerprint density at radius 1 is 1.37 bits per heavy atom. The molecule has 1 heterocycles. The van der Waals surface area contributed by atoms with E-state index >= 15 is 0 Å². The molecule has 4 nitrogen and oxygen atoms in total. The Morgan fingerprint density at radius 3 is 2.58 bits per heavy atom. The van der Waals surface area contributed by atoms with Crippen LogP contribution in [0, 0.1) is 3.57 Å². The molecule has 104 valence electrons. The number of carbonyl (C=O) groups excluding carboxylic acids is 1. The van der Waals surface area contributed by atoms with Crippen molar-refractivity contribution in [3.05, 3.63) is 27.8 Å². The Kier molecular flexibility index (Phi) is 5.45. The van der Waals surface area contributed by atoms with Gasteiger partial charge in [-0.2, -0.15) is 0 Å². The molecule has 0 unspecified atom stereocenters. The molecule has 0 aromatic heterocycles. The molecule has 19 heavy (non-hydrogen) atoms. The number of benzene rings is 1. The molecular formula is C14H19IN2O2. The molecule has 0 spiro atoms. The SMILES string of the molecule is CNC1CCN(C(=O)COc2ccc(I)cc2)CC1. The molecule has 0 bridgehead atoms. The van der Waals surface area contributed by atoms with E-state index in [2.05, 4.69) is 27.9 Å². The van der Waals surface area contributed by atoms with E-state index < -0.39 is 0 Å². The molecule has 1 aromatic rings. The maximum Gasteiger partial charge on any atom is 0.260 e. The minimum absolute atomic E-state index is 0.0769. The first-order valence-corrected chi connectivity index (χ1v) is 7.60. The number of piperidine rings is 1. The average Bonchev–Trinajstić information content (AvgIpc) is 2.46. The number of likely N-dealkylation sites (tertiary alicyclic amines) is 1. The van der Waals surface area contributed by atoms with Gasteiger partial charge in [-0.3, -0.25) is 4.79 Å². The third kappa shape index (κ3) is 4.35. The van der Waals surface area contributed by atoms with E-state index in [9.17, 15) is 4.79 Å². The van der Waals surface area contributed by atoms with Crippen molar-refractivity contribution < 1.29 is 9.53 Å². The van der Waals surface area contributed by atoms with Crippen LogP contribution in [0.4, 0.5) is 0 Å². The average molecular weight is 374 g/mol. The molecule has 2 rings (SSSR count). The molecule has 1 aliphatic rings. The summed E-state index contributed by atoms with van der Waals surface area (Å²) in [5.74, 6) is 0.826. The highest BCUT2D eigenvalue weighted by Crippen LogP contribution is 2.14. The highest BCUT2D eigenvalue weighted by Gasteiger charge is 2.21. The molecular weight excluding hydrogens is 355 g/mol. The summed E-state index contributed by atoms with van der Waals surface area (Å²) >= 11 is 2.24. The second-order valence-electron chi connectivity index (χ2n) is 4.69. The topological polar surface area (TPSA) is 41.6 Å². The van der Waals surface area contributed by atoms with E-state index in [1.165, 1.54) is 0 Å². The van der Waals surface area contributed by atoms with Crippen molar-refractivity contribution in [2.24, 2.45) is 0 Å². The van der Waals surface area contributed by atoms with Gasteiger partial charge in [0.05, 0.1) is 0 Å². The lowest BCUT2D eigenvalue weighted by atomic mass is 10.1. The maximum absolute atomic E-state index is 12.0. The fourth-order valence-corrected chi connectivity index (χ4v) is 2.54. The van der Waals surface area contributed by atoms with Gasteiger partial charge >= 0.3 is 0 Å². The lowest BCUT2D eigenvalue weighted by Gasteiger charge is -2.31. The van der Waals surface area contributed by atoms with Crippen LogP contribution in [0.5, 0.6) is 5.75 Å². The van der Waals surface area contributed by atoms with Crippen LogP contribution in [0.1, 0.15) is 12.8 Å². The zero-order valence-electron chi connectivity index (χ0n) is 11.1. The van der Waals surface area contributed by atoms with Crippen LogP contribution in [0.25, 0.3) is 0 Å². The summed E-state index contributed by atoms with van der Waals surface area (Å²) in [4.78, 5) is 13.9. The number of hydrogen-bond donors (Lipinski definition) is 1. The van der Waals surface area contributed by atoms with Gasteiger partial charge in [-0.25, -0.2) is 0 Å². The molecule has 1 saturated heterocycles. The van der Waals surface area contributed by atoms with Gasteiger partial charge in [-0.05, 0) is 66.7 Å². The zero-order valence-corrected chi connectivity index (χ0v) is 13.2. The van der Waals surface area contributed by atoms with E-state index in [1.54, 1.807) is 0 Å². The minimum Gasteiger partial charge on any atom is -0.484 e. The molecule has 1 N–H and O–H groups in total. The Hall–Kier alpha value is -0.820. The van der Waals surface area contributed by atoms with Crippen molar-refractivity contribution in [2.75, 3.05) is 26.7 Å². The number of rotatable bonds is 4. The van der Waals surface area contributed by atoms with Gasteiger partial charge in [0.25, 0.3) is 5.91 Å². The number of nitrogens with zero attached hydrogens (tertiary/aromatic N) is 1. The maximum atomic E-state index is 12.0. The van der Waals surface area contributed by atoms with Gasteiger partial charge in [0.2, 0.25) is 0 Å². The summed E-state index contributed by atoms with van der Waals surface area (Å²) in [5.41, 5.74) is 0. The number of halogens is 1. The van der Waals surface area contributed by atoms with Crippen LogP contribution < -0.4 is 10.1 Å². The summed E-state index contributed by atoms with van der Waals surface area (Å²) in [6, 6.07) is 8.27. The Labute approximate surface area is 127 Å². The molecule has 1 aliphatic heterocycles. The first kappa shape index (κ1) is 14.6. The molecule has 0 aliphatic carbocycles. The van der Waals surface area contributed by atoms with Gasteiger partial charge in [0, 0.05) is 22.7 Å². The summed E-state index contributed by atoms with van der Waals surface area (Å²) in [6.45, 7) is 1.77. The van der Waals surface area contributed by atoms with Gasteiger partial charge in [-0.15, -0.1) is 0 Å². The second kappa shape index (κ2) is 7.09. The second-order valence-corrected chi connectivity index (χ2v) is 5.93. The summed E-state index contributed by atoms with van der Waals surface area (Å²) < 4.78 is 6.68. The molecule has 1 amide bonds. The summed E-state index contributed by atoms with van der Waals surface area (Å²) in [5, 5.41) is 3.26. The highest BCUT2D eigenvalue weighted by molar-refractivity contribution is 14.1. The highest BCUT2D eigenvalue weighted by atomic mass is 127. The fourth-order valence-electron chi connectivity index (χ4n) is 2.18. The van der Waals surface area contributed by atoms with E-state index in [4.69, 9.17) is 4.74 Å². The van der Waals surface area contributed by atoms with E-state index in [0.717, 1.165) is 35.3 Å². The Bertz CT molecular complexity index is 414. The molecule has 0 radical (unpaired) electrons. The van der Waals surface area contributed by atoms with E-state index in [0.29, 0.717) is 6.04 Å². The smallest absolute Gasteiger partial charge is 0.260 e. The standard InChI is InChI=1S/C14H19IN2O2/c1-16-12-6-8-17(9-7-12)14(18)10-19-13-4-2-11(15)3-5-13/h2-5,12,16H,6-10H2,1H3. The summed E-state index contributed by atoms with van der Waals surface area (Å²) in [6.07, 6.45) is 2.04.